The van der Waals surface area contributed by atoms with Crippen LogP contribution in [0, 0.1) is 0 Å². The van der Waals surface area contributed by atoms with Gasteiger partial charge >= 0.3 is 0 Å². The monoisotopic (exact) mass is 434 g/mol. The predicted molar refractivity (Wildman–Crippen MR) is 130 cm³/mol. The second-order valence-electron chi connectivity index (χ2n) is 8.15. The van der Waals surface area contributed by atoms with Gasteiger partial charge in [0.2, 0.25) is 0 Å². The van der Waals surface area contributed by atoms with Gasteiger partial charge in [-0.05, 0) is 75.8 Å². The largest absolute Gasteiger partial charge is 0.493 e. The van der Waals surface area contributed by atoms with Crippen LogP contribution in [0.5, 0.6) is 5.75 Å². The molecule has 0 radical (unpaired) electrons. The quantitative estimate of drug-likeness (QED) is 0.625. The zero-order valence-electron chi connectivity index (χ0n) is 17.3. The minimum atomic E-state index is -1.02. The fraction of sp³-hybridized carbons (Fsp3) is 0.520. The van der Waals surface area contributed by atoms with E-state index in [9.17, 15) is 5.11 Å². The Morgan fingerprint density at radius 1 is 1.07 bits per heavy atom. The summed E-state index contributed by atoms with van der Waals surface area (Å²) in [5.41, 5.74) is 2.06. The number of anilines is 1. The minimum absolute atomic E-state index is 0. The van der Waals surface area contributed by atoms with Crippen molar-refractivity contribution in [1.82, 2.24) is 4.90 Å². The van der Waals surface area contributed by atoms with Gasteiger partial charge in [-0.25, -0.2) is 0 Å². The fourth-order valence-electron chi connectivity index (χ4n) is 4.10. The van der Waals surface area contributed by atoms with Crippen LogP contribution >= 0.6 is 11.6 Å². The lowest BCUT2D eigenvalue weighted by molar-refractivity contribution is -0.00492. The van der Waals surface area contributed by atoms with E-state index in [1.165, 1.54) is 0 Å². The molecule has 30 heavy (non-hydrogen) atoms. The molecule has 0 unspecified atom stereocenters. The molecule has 0 fully saturated rings. The SMILES string of the molecule is C.C.CN(C)CCC[C@@]1(O)c2cc(Cl)ccc2OCC[C@@H]1c1ccc(N(C)C)cc1. The number of nitrogens with zero attached hydrogens (tertiary/aromatic N) is 2. The maximum atomic E-state index is 12.1. The van der Waals surface area contributed by atoms with Crippen molar-refractivity contribution >= 4 is 17.3 Å². The Morgan fingerprint density at radius 3 is 2.33 bits per heavy atom. The molecule has 0 aliphatic carbocycles. The van der Waals surface area contributed by atoms with E-state index in [1.54, 1.807) is 0 Å². The van der Waals surface area contributed by atoms with Gasteiger partial charge in [-0.15, -0.1) is 0 Å². The standard InChI is InChI=1S/C23H31ClN2O2.2CH4/c1-25(2)14-5-13-23(27)20(17-6-9-19(10-7-17)26(3)4)12-15-28-22-11-8-18(24)16-21(22)23;;/h6-11,16,20,27H,5,12-15H2,1-4H3;2*1H4/t20-,23+;;/m1../s1. The second-order valence-corrected chi connectivity index (χ2v) is 8.58. The van der Waals surface area contributed by atoms with Crippen molar-refractivity contribution in [3.63, 3.8) is 0 Å². The van der Waals surface area contributed by atoms with Crippen LogP contribution in [0.15, 0.2) is 42.5 Å². The van der Waals surface area contributed by atoms with Crippen LogP contribution in [0.25, 0.3) is 0 Å². The number of fused-ring (bicyclic) bond motifs is 1. The van der Waals surface area contributed by atoms with E-state index in [-0.39, 0.29) is 20.8 Å². The Balaban J connectivity index is 0.00000225. The zero-order chi connectivity index (χ0) is 20.3. The second kappa shape index (κ2) is 11.0. The molecule has 1 N–H and O–H groups in total. The van der Waals surface area contributed by atoms with E-state index in [0.717, 1.165) is 42.0 Å². The molecule has 5 heteroatoms. The van der Waals surface area contributed by atoms with Crippen LogP contribution in [0.3, 0.4) is 0 Å². The molecule has 0 saturated carbocycles. The highest BCUT2D eigenvalue weighted by atomic mass is 35.5. The highest BCUT2D eigenvalue weighted by molar-refractivity contribution is 6.30. The number of benzene rings is 2. The maximum absolute atomic E-state index is 12.1. The molecule has 0 saturated heterocycles. The first-order chi connectivity index (χ1) is 13.3. The first kappa shape index (κ1) is 26.3. The molecule has 0 amide bonds. The van der Waals surface area contributed by atoms with Crippen LogP contribution in [0.4, 0.5) is 5.69 Å². The van der Waals surface area contributed by atoms with Gasteiger partial charge in [0, 0.05) is 36.3 Å². The third-order valence-corrected chi connectivity index (χ3v) is 5.86. The van der Waals surface area contributed by atoms with E-state index in [2.05, 4.69) is 48.2 Å². The van der Waals surface area contributed by atoms with Gasteiger partial charge in [0.25, 0.3) is 0 Å². The molecule has 0 spiro atoms. The maximum Gasteiger partial charge on any atom is 0.125 e. The summed E-state index contributed by atoms with van der Waals surface area (Å²) in [7, 11) is 8.18. The van der Waals surface area contributed by atoms with Gasteiger partial charge < -0.3 is 19.6 Å². The molecule has 0 aromatic heterocycles. The molecule has 2 aromatic carbocycles. The smallest absolute Gasteiger partial charge is 0.125 e. The molecule has 2 atom stereocenters. The number of hydrogen-bond donors (Lipinski definition) is 1. The number of halogens is 1. The van der Waals surface area contributed by atoms with Gasteiger partial charge in [-0.3, -0.25) is 0 Å². The third-order valence-electron chi connectivity index (χ3n) is 5.62. The van der Waals surface area contributed by atoms with Gasteiger partial charge in [0.1, 0.15) is 11.4 Å². The summed E-state index contributed by atoms with van der Waals surface area (Å²) in [4.78, 5) is 4.23. The summed E-state index contributed by atoms with van der Waals surface area (Å²) in [6, 6.07) is 14.1. The first-order valence-electron chi connectivity index (χ1n) is 9.88. The third kappa shape index (κ3) is 5.69. The molecule has 168 valence electrons. The van der Waals surface area contributed by atoms with Crippen molar-refractivity contribution < 1.29 is 9.84 Å². The summed E-state index contributed by atoms with van der Waals surface area (Å²) in [5.74, 6) is 0.690. The van der Waals surface area contributed by atoms with E-state index in [4.69, 9.17) is 16.3 Å². The summed E-state index contributed by atoms with van der Waals surface area (Å²) >= 11 is 6.31. The Hall–Kier alpha value is -1.75. The Morgan fingerprint density at radius 2 is 1.73 bits per heavy atom. The molecule has 1 aliphatic rings. The lowest BCUT2D eigenvalue weighted by atomic mass is 9.73. The van der Waals surface area contributed by atoms with Crippen molar-refractivity contribution in [2.45, 2.75) is 45.6 Å². The number of aliphatic hydroxyl groups is 1. The molecule has 2 aromatic rings. The van der Waals surface area contributed by atoms with E-state index in [1.807, 2.05) is 32.3 Å². The number of hydrogen-bond acceptors (Lipinski definition) is 4. The van der Waals surface area contributed by atoms with Crippen LogP contribution < -0.4 is 9.64 Å². The fourth-order valence-corrected chi connectivity index (χ4v) is 4.27. The first-order valence-corrected chi connectivity index (χ1v) is 10.3. The Labute approximate surface area is 188 Å². The van der Waals surface area contributed by atoms with Crippen LogP contribution in [0.2, 0.25) is 5.02 Å². The normalized spacial score (nSPS) is 20.3. The van der Waals surface area contributed by atoms with Gasteiger partial charge in [0.05, 0.1) is 6.61 Å². The van der Waals surface area contributed by atoms with Crippen molar-refractivity contribution in [3.8, 4) is 5.75 Å². The highest BCUT2D eigenvalue weighted by Crippen LogP contribution is 2.48. The number of rotatable bonds is 6. The summed E-state index contributed by atoms with van der Waals surface area (Å²) < 4.78 is 6.00. The average Bonchev–Trinajstić information content (AvgIpc) is 2.79. The molecule has 4 nitrogen and oxygen atoms in total. The summed E-state index contributed by atoms with van der Waals surface area (Å²) in [6.45, 7) is 1.50. The van der Waals surface area contributed by atoms with Crippen LogP contribution in [-0.2, 0) is 5.60 Å². The predicted octanol–water partition coefficient (Wildman–Crippen LogP) is 5.77. The van der Waals surface area contributed by atoms with Crippen molar-refractivity contribution in [3.05, 3.63) is 58.6 Å². The van der Waals surface area contributed by atoms with Gasteiger partial charge in [0.15, 0.2) is 0 Å². The van der Waals surface area contributed by atoms with E-state index in [0.29, 0.717) is 18.1 Å². The molecular formula is C25H39ClN2O2. The molecular weight excluding hydrogens is 396 g/mol. The Kier molecular flexibility index (Phi) is 9.67. The van der Waals surface area contributed by atoms with E-state index >= 15 is 0 Å². The van der Waals surface area contributed by atoms with Crippen molar-refractivity contribution in [2.75, 3.05) is 46.2 Å². The van der Waals surface area contributed by atoms with Crippen LogP contribution in [0.1, 0.15) is 51.2 Å². The minimum Gasteiger partial charge on any atom is -0.493 e. The lowest BCUT2D eigenvalue weighted by Gasteiger charge is -2.36. The summed E-state index contributed by atoms with van der Waals surface area (Å²) in [6.07, 6.45) is 2.30. The van der Waals surface area contributed by atoms with Crippen molar-refractivity contribution in [1.29, 1.82) is 0 Å². The van der Waals surface area contributed by atoms with E-state index < -0.39 is 5.60 Å². The lowest BCUT2D eigenvalue weighted by Crippen LogP contribution is -2.34. The topological polar surface area (TPSA) is 35.9 Å². The molecule has 3 rings (SSSR count). The highest BCUT2D eigenvalue weighted by Gasteiger charge is 2.42. The van der Waals surface area contributed by atoms with Gasteiger partial charge in [-0.2, -0.15) is 0 Å². The zero-order valence-corrected chi connectivity index (χ0v) is 18.0. The molecule has 0 bridgehead atoms. The Bertz CT molecular complexity index is 792. The van der Waals surface area contributed by atoms with Crippen molar-refractivity contribution in [2.24, 2.45) is 0 Å². The van der Waals surface area contributed by atoms with Crippen LogP contribution in [-0.4, -0.2) is 51.3 Å². The molecule has 1 aliphatic heterocycles. The number of ether oxygens (including phenoxy) is 1. The molecule has 1 heterocycles. The summed E-state index contributed by atoms with van der Waals surface area (Å²) in [5, 5.41) is 12.7. The van der Waals surface area contributed by atoms with Gasteiger partial charge in [-0.1, -0.05) is 38.6 Å². The average molecular weight is 435 g/mol.